The van der Waals surface area contributed by atoms with Crippen LogP contribution in [0.15, 0.2) is 48.7 Å². The summed E-state index contributed by atoms with van der Waals surface area (Å²) >= 11 is 0. The predicted molar refractivity (Wildman–Crippen MR) is 126 cm³/mol. The Balaban J connectivity index is 1.78. The van der Waals surface area contributed by atoms with Gasteiger partial charge in [0.25, 0.3) is 0 Å². The van der Waals surface area contributed by atoms with Crippen molar-refractivity contribution >= 4 is 34.9 Å². The number of ether oxygens (including phenoxy) is 1. The van der Waals surface area contributed by atoms with Crippen LogP contribution in [0.2, 0.25) is 0 Å². The third kappa shape index (κ3) is 6.44. The van der Waals surface area contributed by atoms with E-state index in [-0.39, 0.29) is 0 Å². The lowest BCUT2D eigenvalue weighted by Gasteiger charge is -2.20. The van der Waals surface area contributed by atoms with Gasteiger partial charge in [-0.1, -0.05) is 18.2 Å². The molecule has 3 aromatic rings. The molecule has 1 aromatic heterocycles. The first-order valence-corrected chi connectivity index (χ1v) is 10.1. The van der Waals surface area contributed by atoms with Crippen LogP contribution in [-0.2, 0) is 4.74 Å². The second-order valence-electron chi connectivity index (χ2n) is 8.50. The van der Waals surface area contributed by atoms with E-state index in [1.54, 1.807) is 6.20 Å². The molecule has 162 valence electrons. The number of amides is 1. The summed E-state index contributed by atoms with van der Waals surface area (Å²) in [6.07, 6.45) is 1.27. The van der Waals surface area contributed by atoms with E-state index in [0.717, 1.165) is 28.3 Å². The highest BCUT2D eigenvalue weighted by Crippen LogP contribution is 2.25. The fourth-order valence-electron chi connectivity index (χ4n) is 2.86. The van der Waals surface area contributed by atoms with Crippen molar-refractivity contribution in [1.29, 1.82) is 0 Å². The SMILES string of the molecule is Cc1cccc(Nc2nc(Nc3cc(NC(=O)OC(C)(C)C)ccc3C)ncc2C)c1. The second-order valence-corrected chi connectivity index (χ2v) is 8.50. The van der Waals surface area contributed by atoms with E-state index in [9.17, 15) is 4.79 Å². The van der Waals surface area contributed by atoms with Crippen LogP contribution in [0.4, 0.5) is 33.6 Å². The van der Waals surface area contributed by atoms with Gasteiger partial charge in [0.1, 0.15) is 11.4 Å². The van der Waals surface area contributed by atoms with Crippen LogP contribution < -0.4 is 16.0 Å². The summed E-state index contributed by atoms with van der Waals surface area (Å²) in [6.45, 7) is 11.5. The van der Waals surface area contributed by atoms with Gasteiger partial charge in [-0.2, -0.15) is 4.98 Å². The van der Waals surface area contributed by atoms with Gasteiger partial charge in [-0.15, -0.1) is 0 Å². The van der Waals surface area contributed by atoms with Crippen LogP contribution in [-0.4, -0.2) is 21.7 Å². The van der Waals surface area contributed by atoms with E-state index in [1.807, 2.05) is 77.9 Å². The molecule has 7 heteroatoms. The van der Waals surface area contributed by atoms with E-state index in [2.05, 4.69) is 32.0 Å². The summed E-state index contributed by atoms with van der Waals surface area (Å²) in [7, 11) is 0. The lowest BCUT2D eigenvalue weighted by atomic mass is 10.2. The number of aryl methyl sites for hydroxylation is 3. The molecule has 7 nitrogen and oxygen atoms in total. The Morgan fingerprint density at radius 3 is 2.42 bits per heavy atom. The largest absolute Gasteiger partial charge is 0.444 e. The molecule has 0 bridgehead atoms. The minimum Gasteiger partial charge on any atom is -0.444 e. The van der Waals surface area contributed by atoms with Gasteiger partial charge >= 0.3 is 6.09 Å². The minimum absolute atomic E-state index is 0.457. The molecule has 0 aliphatic carbocycles. The lowest BCUT2D eigenvalue weighted by Crippen LogP contribution is -2.27. The lowest BCUT2D eigenvalue weighted by molar-refractivity contribution is 0.0636. The van der Waals surface area contributed by atoms with Crippen molar-refractivity contribution in [2.45, 2.75) is 47.1 Å². The molecule has 3 N–H and O–H groups in total. The van der Waals surface area contributed by atoms with E-state index in [4.69, 9.17) is 4.74 Å². The van der Waals surface area contributed by atoms with Crippen LogP contribution in [0.25, 0.3) is 0 Å². The molecule has 1 heterocycles. The van der Waals surface area contributed by atoms with Crippen LogP contribution in [0, 0.1) is 20.8 Å². The van der Waals surface area contributed by atoms with Crippen molar-refractivity contribution in [3.05, 3.63) is 65.4 Å². The Labute approximate surface area is 183 Å². The van der Waals surface area contributed by atoms with E-state index < -0.39 is 11.7 Å². The van der Waals surface area contributed by atoms with Gasteiger partial charge in [-0.05, 0) is 76.9 Å². The van der Waals surface area contributed by atoms with Crippen LogP contribution >= 0.6 is 0 Å². The standard InChI is InChI=1S/C24H29N5O2/c1-15-8-7-9-18(12-15)26-21-17(3)14-25-22(29-21)28-20-13-19(11-10-16(20)2)27-23(30)31-24(4,5)6/h7-14H,1-6H3,(H,27,30)(H2,25,26,28,29). The first-order valence-electron chi connectivity index (χ1n) is 10.1. The summed E-state index contributed by atoms with van der Waals surface area (Å²) in [5.41, 5.74) is 4.90. The molecule has 0 radical (unpaired) electrons. The number of hydrogen-bond donors (Lipinski definition) is 3. The highest BCUT2D eigenvalue weighted by atomic mass is 16.6. The number of carbonyl (C=O) groups is 1. The molecule has 0 saturated carbocycles. The van der Waals surface area contributed by atoms with Crippen molar-refractivity contribution in [1.82, 2.24) is 9.97 Å². The molecule has 0 aliphatic rings. The minimum atomic E-state index is -0.563. The number of nitrogens with one attached hydrogen (secondary N) is 3. The maximum atomic E-state index is 12.1. The molecule has 1 amide bonds. The first-order chi connectivity index (χ1) is 14.6. The molecule has 0 spiro atoms. The Morgan fingerprint density at radius 2 is 1.71 bits per heavy atom. The molecule has 0 unspecified atom stereocenters. The Kier molecular flexibility index (Phi) is 6.44. The highest BCUT2D eigenvalue weighted by Gasteiger charge is 2.16. The zero-order valence-corrected chi connectivity index (χ0v) is 18.8. The smallest absolute Gasteiger partial charge is 0.412 e. The second kappa shape index (κ2) is 9.04. The molecule has 0 atom stereocenters. The summed E-state index contributed by atoms with van der Waals surface area (Å²) in [4.78, 5) is 21.1. The number of nitrogens with zero attached hydrogens (tertiary/aromatic N) is 2. The maximum Gasteiger partial charge on any atom is 0.412 e. The molecule has 0 fully saturated rings. The number of aromatic nitrogens is 2. The van der Waals surface area contributed by atoms with Gasteiger partial charge in [0.05, 0.1) is 0 Å². The predicted octanol–water partition coefficient (Wildman–Crippen LogP) is 6.24. The van der Waals surface area contributed by atoms with Crippen molar-refractivity contribution in [2.75, 3.05) is 16.0 Å². The van der Waals surface area contributed by atoms with Gasteiger partial charge in [-0.3, -0.25) is 5.32 Å². The molecule has 3 rings (SSSR count). The number of benzene rings is 2. The monoisotopic (exact) mass is 419 g/mol. The molecule has 0 aliphatic heterocycles. The fourth-order valence-corrected chi connectivity index (χ4v) is 2.86. The maximum absolute atomic E-state index is 12.1. The Hall–Kier alpha value is -3.61. The van der Waals surface area contributed by atoms with Crippen LogP contribution in [0.5, 0.6) is 0 Å². The third-order valence-electron chi connectivity index (χ3n) is 4.38. The summed E-state index contributed by atoms with van der Waals surface area (Å²) < 4.78 is 5.32. The zero-order valence-electron chi connectivity index (χ0n) is 18.8. The van der Waals surface area contributed by atoms with E-state index in [1.165, 1.54) is 5.56 Å². The van der Waals surface area contributed by atoms with Gasteiger partial charge in [0.15, 0.2) is 0 Å². The molecular weight excluding hydrogens is 390 g/mol. The van der Waals surface area contributed by atoms with Crippen molar-refractivity contribution in [3.8, 4) is 0 Å². The quantitative estimate of drug-likeness (QED) is 0.454. The van der Waals surface area contributed by atoms with E-state index in [0.29, 0.717) is 11.6 Å². The number of carbonyl (C=O) groups excluding carboxylic acids is 1. The van der Waals surface area contributed by atoms with E-state index >= 15 is 0 Å². The molecule has 0 saturated heterocycles. The Morgan fingerprint density at radius 1 is 0.935 bits per heavy atom. The number of rotatable bonds is 5. The topological polar surface area (TPSA) is 88.2 Å². The van der Waals surface area contributed by atoms with Crippen LogP contribution in [0.1, 0.15) is 37.5 Å². The summed E-state index contributed by atoms with van der Waals surface area (Å²) in [5, 5.41) is 9.35. The molecule has 2 aromatic carbocycles. The summed E-state index contributed by atoms with van der Waals surface area (Å²) in [5.74, 6) is 1.18. The normalized spacial score (nSPS) is 11.0. The average Bonchev–Trinajstić information content (AvgIpc) is 2.65. The third-order valence-corrected chi connectivity index (χ3v) is 4.38. The number of hydrogen-bond acceptors (Lipinski definition) is 6. The molecule has 31 heavy (non-hydrogen) atoms. The van der Waals surface area contributed by atoms with Crippen molar-refractivity contribution < 1.29 is 9.53 Å². The average molecular weight is 420 g/mol. The highest BCUT2D eigenvalue weighted by molar-refractivity contribution is 5.86. The molecular formula is C24H29N5O2. The van der Waals surface area contributed by atoms with Gasteiger partial charge in [-0.25, -0.2) is 9.78 Å². The van der Waals surface area contributed by atoms with Crippen molar-refractivity contribution in [2.24, 2.45) is 0 Å². The first kappa shape index (κ1) is 22.1. The van der Waals surface area contributed by atoms with Gasteiger partial charge in [0.2, 0.25) is 5.95 Å². The van der Waals surface area contributed by atoms with Gasteiger partial charge in [0, 0.05) is 28.8 Å². The van der Waals surface area contributed by atoms with Crippen LogP contribution in [0.3, 0.4) is 0 Å². The van der Waals surface area contributed by atoms with Gasteiger partial charge < -0.3 is 15.4 Å². The number of anilines is 5. The Bertz CT molecular complexity index is 1090. The summed E-state index contributed by atoms with van der Waals surface area (Å²) in [6, 6.07) is 13.7. The zero-order chi connectivity index (χ0) is 22.6. The van der Waals surface area contributed by atoms with Crippen molar-refractivity contribution in [3.63, 3.8) is 0 Å². The fraction of sp³-hybridized carbons (Fsp3) is 0.292.